The molecule has 1 heterocycles. The smallest absolute Gasteiger partial charge is 0.322 e. The number of alkyl halides is 3. The van der Waals surface area contributed by atoms with Gasteiger partial charge in [0.05, 0.1) is 12.1 Å². The summed E-state index contributed by atoms with van der Waals surface area (Å²) in [6.45, 7) is 0.541. The van der Waals surface area contributed by atoms with Gasteiger partial charge in [0.25, 0.3) is 0 Å². The van der Waals surface area contributed by atoms with E-state index in [4.69, 9.17) is 0 Å². The number of thioether (sulfide) groups is 1. The molecule has 0 saturated carbocycles. The molecule has 1 aliphatic heterocycles. The van der Waals surface area contributed by atoms with Crippen LogP contribution in [0.4, 0.5) is 13.2 Å². The fourth-order valence-corrected chi connectivity index (χ4v) is 2.86. The molecule has 0 spiro atoms. The summed E-state index contributed by atoms with van der Waals surface area (Å²) < 4.78 is 39.3. The molecule has 1 atom stereocenters. The Hall–Kier alpha value is -1.21. The molecule has 1 N–H and O–H groups in total. The lowest BCUT2D eigenvalue weighted by Gasteiger charge is -2.27. The first-order valence-corrected chi connectivity index (χ1v) is 8.02. The lowest BCUT2D eigenvalue weighted by Crippen LogP contribution is -2.32. The largest absolute Gasteiger partial charge is 0.416 e. The van der Waals surface area contributed by atoms with Crippen molar-refractivity contribution in [3.63, 3.8) is 0 Å². The molecule has 0 aliphatic carbocycles. The molecule has 1 amide bonds. The molecule has 1 aliphatic rings. The van der Waals surface area contributed by atoms with E-state index in [9.17, 15) is 18.0 Å². The number of amides is 1. The molecular weight excluding hydrogens is 301 g/mol. The van der Waals surface area contributed by atoms with Crippen molar-refractivity contribution in [1.82, 2.24) is 10.2 Å². The number of benzene rings is 1. The predicted octanol–water partition coefficient (Wildman–Crippen LogP) is 2.89. The van der Waals surface area contributed by atoms with Gasteiger partial charge in [-0.2, -0.15) is 24.9 Å². The van der Waals surface area contributed by atoms with Gasteiger partial charge in [-0.25, -0.2) is 0 Å². The molecule has 0 bridgehead atoms. The third-order valence-electron chi connectivity index (χ3n) is 3.39. The van der Waals surface area contributed by atoms with E-state index < -0.39 is 17.9 Å². The Morgan fingerprint density at radius 2 is 2.10 bits per heavy atom. The maximum absolute atomic E-state index is 13.1. The van der Waals surface area contributed by atoms with Crippen LogP contribution in [0.15, 0.2) is 24.3 Å². The van der Waals surface area contributed by atoms with E-state index in [1.165, 1.54) is 17.0 Å². The highest BCUT2D eigenvalue weighted by molar-refractivity contribution is 7.98. The zero-order valence-corrected chi connectivity index (χ0v) is 12.4. The van der Waals surface area contributed by atoms with E-state index >= 15 is 0 Å². The van der Waals surface area contributed by atoms with Crippen LogP contribution in [0, 0.1) is 0 Å². The first-order valence-electron chi connectivity index (χ1n) is 6.63. The van der Waals surface area contributed by atoms with Crippen LogP contribution in [0.3, 0.4) is 0 Å². The van der Waals surface area contributed by atoms with Gasteiger partial charge in [-0.05, 0) is 24.5 Å². The van der Waals surface area contributed by atoms with E-state index in [2.05, 4.69) is 5.32 Å². The third kappa shape index (κ3) is 3.71. The Kier molecular flexibility index (Phi) is 5.16. The second-order valence-electron chi connectivity index (χ2n) is 4.80. The lowest BCUT2D eigenvalue weighted by atomic mass is 10.0. The first-order chi connectivity index (χ1) is 9.95. The second kappa shape index (κ2) is 6.70. The standard InChI is InChI=1S/C14H17F3N2OS/c1-21-8-4-7-19-12(20)9-18-13(19)10-5-2-3-6-11(10)14(15,16)17/h2-3,5-6,13,18H,4,7-9H2,1H3. The summed E-state index contributed by atoms with van der Waals surface area (Å²) in [4.78, 5) is 13.4. The SMILES string of the molecule is CSCCCN1C(=O)CNC1c1ccccc1C(F)(F)F. The summed E-state index contributed by atoms with van der Waals surface area (Å²) in [7, 11) is 0. The highest BCUT2D eigenvalue weighted by atomic mass is 32.2. The molecule has 116 valence electrons. The van der Waals surface area contributed by atoms with Crippen molar-refractivity contribution in [2.24, 2.45) is 0 Å². The molecule has 21 heavy (non-hydrogen) atoms. The van der Waals surface area contributed by atoms with Crippen LogP contribution in [0.1, 0.15) is 23.7 Å². The van der Waals surface area contributed by atoms with Crippen LogP contribution in [0.25, 0.3) is 0 Å². The number of nitrogens with one attached hydrogen (secondary N) is 1. The summed E-state index contributed by atoms with van der Waals surface area (Å²) in [5.74, 6) is 0.718. The van der Waals surface area contributed by atoms with E-state index in [1.54, 1.807) is 17.8 Å². The number of hydrogen-bond acceptors (Lipinski definition) is 3. The highest BCUT2D eigenvalue weighted by Crippen LogP contribution is 2.36. The minimum Gasteiger partial charge on any atom is -0.322 e. The molecule has 7 heteroatoms. The van der Waals surface area contributed by atoms with Crippen molar-refractivity contribution in [1.29, 1.82) is 0 Å². The number of halogens is 3. The Morgan fingerprint density at radius 1 is 1.38 bits per heavy atom. The zero-order chi connectivity index (χ0) is 15.5. The minimum absolute atomic E-state index is 0.0795. The fraction of sp³-hybridized carbons (Fsp3) is 0.500. The molecule has 1 saturated heterocycles. The molecule has 0 radical (unpaired) electrons. The Morgan fingerprint density at radius 3 is 2.76 bits per heavy atom. The van der Waals surface area contributed by atoms with Gasteiger partial charge in [-0.3, -0.25) is 10.1 Å². The number of carbonyl (C=O) groups excluding carboxylic acids is 1. The lowest BCUT2D eigenvalue weighted by molar-refractivity contribution is -0.139. The van der Waals surface area contributed by atoms with E-state index in [0.29, 0.717) is 6.54 Å². The quantitative estimate of drug-likeness (QED) is 0.847. The fourth-order valence-electron chi connectivity index (χ4n) is 2.44. The normalized spacial score (nSPS) is 19.3. The second-order valence-corrected chi connectivity index (χ2v) is 5.79. The van der Waals surface area contributed by atoms with Crippen molar-refractivity contribution in [2.45, 2.75) is 18.8 Å². The van der Waals surface area contributed by atoms with Crippen LogP contribution in [0.5, 0.6) is 0 Å². The van der Waals surface area contributed by atoms with Gasteiger partial charge in [0, 0.05) is 12.1 Å². The first kappa shape index (κ1) is 16.2. The predicted molar refractivity (Wildman–Crippen MR) is 76.9 cm³/mol. The van der Waals surface area contributed by atoms with Gasteiger partial charge in [0.1, 0.15) is 6.17 Å². The van der Waals surface area contributed by atoms with Crippen molar-refractivity contribution in [3.8, 4) is 0 Å². The average molecular weight is 318 g/mol. The number of carbonyl (C=O) groups is 1. The third-order valence-corrected chi connectivity index (χ3v) is 4.08. The summed E-state index contributed by atoms with van der Waals surface area (Å²) in [6.07, 6.45) is -2.40. The average Bonchev–Trinajstić information content (AvgIpc) is 2.80. The van der Waals surface area contributed by atoms with Crippen LogP contribution in [0.2, 0.25) is 0 Å². The summed E-state index contributed by atoms with van der Waals surface area (Å²) in [5, 5.41) is 2.88. The molecule has 1 aromatic rings. The molecular formula is C14H17F3N2OS. The molecule has 0 aromatic heterocycles. The molecule has 1 fully saturated rings. The minimum atomic E-state index is -4.42. The number of rotatable bonds is 5. The van der Waals surface area contributed by atoms with Crippen molar-refractivity contribution in [3.05, 3.63) is 35.4 Å². The number of nitrogens with zero attached hydrogens (tertiary/aromatic N) is 1. The zero-order valence-electron chi connectivity index (χ0n) is 11.6. The highest BCUT2D eigenvalue weighted by Gasteiger charge is 2.39. The monoisotopic (exact) mass is 318 g/mol. The van der Waals surface area contributed by atoms with E-state index in [-0.39, 0.29) is 18.0 Å². The van der Waals surface area contributed by atoms with Gasteiger partial charge in [0.15, 0.2) is 0 Å². The Bertz CT molecular complexity index is 507. The molecule has 1 aromatic carbocycles. The van der Waals surface area contributed by atoms with Gasteiger partial charge in [0.2, 0.25) is 5.91 Å². The van der Waals surface area contributed by atoms with Gasteiger partial charge in [-0.1, -0.05) is 18.2 Å². The van der Waals surface area contributed by atoms with Crippen LogP contribution >= 0.6 is 11.8 Å². The van der Waals surface area contributed by atoms with Gasteiger partial charge >= 0.3 is 6.18 Å². The Balaban J connectivity index is 2.26. The van der Waals surface area contributed by atoms with Crippen LogP contribution in [-0.4, -0.2) is 35.9 Å². The van der Waals surface area contributed by atoms with Crippen LogP contribution in [-0.2, 0) is 11.0 Å². The Labute approximate surface area is 125 Å². The molecule has 1 unspecified atom stereocenters. The maximum atomic E-state index is 13.1. The van der Waals surface area contributed by atoms with Crippen molar-refractivity contribution >= 4 is 17.7 Å². The van der Waals surface area contributed by atoms with E-state index in [1.807, 2.05) is 6.26 Å². The topological polar surface area (TPSA) is 32.3 Å². The molecule has 2 rings (SSSR count). The van der Waals surface area contributed by atoms with Crippen molar-refractivity contribution < 1.29 is 18.0 Å². The van der Waals surface area contributed by atoms with Gasteiger partial charge in [-0.15, -0.1) is 0 Å². The number of hydrogen-bond donors (Lipinski definition) is 1. The maximum Gasteiger partial charge on any atom is 0.416 e. The summed E-state index contributed by atoms with van der Waals surface area (Å²) >= 11 is 1.65. The molecule has 3 nitrogen and oxygen atoms in total. The summed E-state index contributed by atoms with van der Waals surface area (Å²) in [6, 6.07) is 5.41. The summed E-state index contributed by atoms with van der Waals surface area (Å²) in [5.41, 5.74) is -0.577. The van der Waals surface area contributed by atoms with Crippen LogP contribution < -0.4 is 5.32 Å². The van der Waals surface area contributed by atoms with E-state index in [0.717, 1.165) is 18.2 Å². The van der Waals surface area contributed by atoms with Gasteiger partial charge < -0.3 is 4.90 Å². The van der Waals surface area contributed by atoms with Crippen molar-refractivity contribution in [2.75, 3.05) is 25.1 Å².